The summed E-state index contributed by atoms with van der Waals surface area (Å²) in [5.41, 5.74) is 3.85. The van der Waals surface area contributed by atoms with Gasteiger partial charge < -0.3 is 5.11 Å². The fourth-order valence-corrected chi connectivity index (χ4v) is 2.09. The highest BCUT2D eigenvalue weighted by Crippen LogP contribution is 2.19. The number of rotatable bonds is 4. The molecule has 0 radical (unpaired) electrons. The van der Waals surface area contributed by atoms with E-state index in [1.807, 2.05) is 50.0 Å². The molecular weight excluding hydrogens is 226 g/mol. The Morgan fingerprint density at radius 2 is 1.94 bits per heavy atom. The molecule has 4 heteroatoms. The second-order valence-corrected chi connectivity index (χ2v) is 4.61. The van der Waals surface area contributed by atoms with E-state index in [2.05, 4.69) is 10.1 Å². The number of pyridine rings is 1. The first-order chi connectivity index (χ1) is 8.58. The highest BCUT2D eigenvalue weighted by Gasteiger charge is 2.11. The van der Waals surface area contributed by atoms with Crippen LogP contribution in [0.5, 0.6) is 0 Å². The molecule has 0 saturated heterocycles. The van der Waals surface area contributed by atoms with Crippen molar-refractivity contribution in [2.75, 3.05) is 0 Å². The summed E-state index contributed by atoms with van der Waals surface area (Å²) >= 11 is 0. The normalized spacial score (nSPS) is 12.7. The van der Waals surface area contributed by atoms with Crippen LogP contribution < -0.4 is 0 Å². The Morgan fingerprint density at radius 1 is 1.28 bits per heavy atom. The van der Waals surface area contributed by atoms with Gasteiger partial charge in [0.15, 0.2) is 0 Å². The van der Waals surface area contributed by atoms with Gasteiger partial charge in [-0.1, -0.05) is 0 Å². The maximum Gasteiger partial charge on any atom is 0.0832 e. The van der Waals surface area contributed by atoms with Gasteiger partial charge in [0.25, 0.3) is 0 Å². The van der Waals surface area contributed by atoms with Crippen molar-refractivity contribution in [1.29, 1.82) is 0 Å². The number of hydrogen-bond acceptors (Lipinski definition) is 3. The van der Waals surface area contributed by atoms with Crippen LogP contribution in [0.1, 0.15) is 35.5 Å². The molecule has 1 atom stereocenters. The Hall–Kier alpha value is -1.68. The van der Waals surface area contributed by atoms with Crippen molar-refractivity contribution in [3.8, 4) is 0 Å². The Kier molecular flexibility index (Phi) is 3.77. The molecule has 2 aromatic rings. The largest absolute Gasteiger partial charge is 0.388 e. The fraction of sp³-hybridized carbons (Fsp3) is 0.429. The predicted molar refractivity (Wildman–Crippen MR) is 70.3 cm³/mol. The minimum Gasteiger partial charge on any atom is -0.388 e. The van der Waals surface area contributed by atoms with Crippen molar-refractivity contribution in [2.45, 2.75) is 39.8 Å². The number of hydrogen-bond donors (Lipinski definition) is 1. The Morgan fingerprint density at radius 3 is 2.50 bits per heavy atom. The molecule has 0 saturated carbocycles. The van der Waals surface area contributed by atoms with Gasteiger partial charge in [-0.15, -0.1) is 0 Å². The first-order valence-corrected chi connectivity index (χ1v) is 6.23. The lowest BCUT2D eigenvalue weighted by molar-refractivity contribution is 0.178. The van der Waals surface area contributed by atoms with E-state index < -0.39 is 6.10 Å². The van der Waals surface area contributed by atoms with Gasteiger partial charge in [-0.2, -0.15) is 5.10 Å². The van der Waals surface area contributed by atoms with Crippen LogP contribution in [0.3, 0.4) is 0 Å². The number of aliphatic hydroxyl groups is 1. The van der Waals surface area contributed by atoms with Crippen molar-refractivity contribution in [3.63, 3.8) is 0 Å². The van der Waals surface area contributed by atoms with Crippen molar-refractivity contribution in [3.05, 3.63) is 47.0 Å². The number of aromatic nitrogens is 3. The van der Waals surface area contributed by atoms with Crippen LogP contribution in [-0.2, 0) is 13.0 Å². The molecule has 4 nitrogen and oxygen atoms in total. The third kappa shape index (κ3) is 2.96. The lowest BCUT2D eigenvalue weighted by Gasteiger charge is -2.11. The Balaban J connectivity index is 2.13. The zero-order chi connectivity index (χ0) is 13.1. The highest BCUT2D eigenvalue weighted by atomic mass is 16.3. The van der Waals surface area contributed by atoms with E-state index in [1.54, 1.807) is 0 Å². The molecular formula is C14H19N3O. The smallest absolute Gasteiger partial charge is 0.0832 e. The average molecular weight is 245 g/mol. The molecule has 0 aliphatic carbocycles. The molecule has 96 valence electrons. The molecule has 2 heterocycles. The van der Waals surface area contributed by atoms with E-state index in [0.717, 1.165) is 29.1 Å². The van der Waals surface area contributed by atoms with E-state index in [-0.39, 0.29) is 0 Å². The van der Waals surface area contributed by atoms with Crippen LogP contribution in [0, 0.1) is 13.8 Å². The monoisotopic (exact) mass is 245 g/mol. The molecule has 1 unspecified atom stereocenters. The summed E-state index contributed by atoms with van der Waals surface area (Å²) in [7, 11) is 0. The van der Waals surface area contributed by atoms with Crippen molar-refractivity contribution in [1.82, 2.24) is 14.8 Å². The maximum atomic E-state index is 10.2. The van der Waals surface area contributed by atoms with E-state index in [9.17, 15) is 5.11 Å². The molecule has 0 spiro atoms. The molecule has 2 aromatic heterocycles. The summed E-state index contributed by atoms with van der Waals surface area (Å²) in [6, 6.07) is 3.86. The number of aryl methyl sites for hydroxylation is 3. The summed E-state index contributed by atoms with van der Waals surface area (Å²) in [6.07, 6.45) is 3.88. The van der Waals surface area contributed by atoms with Gasteiger partial charge >= 0.3 is 0 Å². The molecule has 0 bridgehead atoms. The van der Waals surface area contributed by atoms with Crippen LogP contribution in [-0.4, -0.2) is 19.9 Å². The molecule has 18 heavy (non-hydrogen) atoms. The van der Waals surface area contributed by atoms with Crippen molar-refractivity contribution < 1.29 is 5.11 Å². The topological polar surface area (TPSA) is 50.9 Å². The number of nitrogens with zero attached hydrogens (tertiary/aromatic N) is 3. The van der Waals surface area contributed by atoms with Gasteiger partial charge in [-0.3, -0.25) is 9.67 Å². The first kappa shape index (κ1) is 12.8. The number of aliphatic hydroxyl groups excluding tert-OH is 1. The van der Waals surface area contributed by atoms with Crippen molar-refractivity contribution >= 4 is 0 Å². The molecule has 0 aromatic carbocycles. The van der Waals surface area contributed by atoms with Gasteiger partial charge in [0.1, 0.15) is 0 Å². The lowest BCUT2D eigenvalue weighted by atomic mass is 10.0. The predicted octanol–water partition coefficient (Wildman–Crippen LogP) is 2.19. The van der Waals surface area contributed by atoms with E-state index >= 15 is 0 Å². The third-order valence-electron chi connectivity index (χ3n) is 2.93. The summed E-state index contributed by atoms with van der Waals surface area (Å²) < 4.78 is 1.87. The Bertz CT molecular complexity index is 513. The summed E-state index contributed by atoms with van der Waals surface area (Å²) in [5, 5.41) is 14.4. The minimum atomic E-state index is -0.500. The molecule has 0 aliphatic rings. The fourth-order valence-electron chi connectivity index (χ4n) is 2.09. The standard InChI is InChI=1S/C14H19N3O/c1-4-17-9-12(8-15-17)7-14(18)13-5-10(2)16-11(3)6-13/h5-6,8-9,14,18H,4,7H2,1-3H3. The van der Waals surface area contributed by atoms with Gasteiger partial charge in [-0.05, 0) is 44.0 Å². The van der Waals surface area contributed by atoms with E-state index in [0.29, 0.717) is 6.42 Å². The summed E-state index contributed by atoms with van der Waals surface area (Å²) in [4.78, 5) is 4.31. The van der Waals surface area contributed by atoms with Crippen molar-refractivity contribution in [2.24, 2.45) is 0 Å². The second-order valence-electron chi connectivity index (χ2n) is 4.61. The Labute approximate surface area is 107 Å². The quantitative estimate of drug-likeness (QED) is 0.898. The zero-order valence-electron chi connectivity index (χ0n) is 11.1. The molecule has 1 N–H and O–H groups in total. The van der Waals surface area contributed by atoms with Crippen LogP contribution in [0.4, 0.5) is 0 Å². The SMILES string of the molecule is CCn1cc(CC(O)c2cc(C)nc(C)c2)cn1. The summed E-state index contributed by atoms with van der Waals surface area (Å²) in [6.45, 7) is 6.78. The van der Waals surface area contributed by atoms with Gasteiger partial charge in [0.05, 0.1) is 12.3 Å². The van der Waals surface area contributed by atoms with E-state index in [4.69, 9.17) is 0 Å². The molecule has 0 amide bonds. The van der Waals surface area contributed by atoms with Crippen LogP contribution in [0.25, 0.3) is 0 Å². The van der Waals surface area contributed by atoms with Crippen LogP contribution >= 0.6 is 0 Å². The second kappa shape index (κ2) is 5.31. The lowest BCUT2D eigenvalue weighted by Crippen LogP contribution is -2.03. The van der Waals surface area contributed by atoms with Gasteiger partial charge in [0, 0.05) is 30.6 Å². The zero-order valence-corrected chi connectivity index (χ0v) is 11.1. The average Bonchev–Trinajstić information content (AvgIpc) is 2.75. The third-order valence-corrected chi connectivity index (χ3v) is 2.93. The molecule has 2 rings (SSSR count). The van der Waals surface area contributed by atoms with Crippen LogP contribution in [0.15, 0.2) is 24.5 Å². The maximum absolute atomic E-state index is 10.2. The first-order valence-electron chi connectivity index (χ1n) is 6.23. The summed E-state index contributed by atoms with van der Waals surface area (Å²) in [5.74, 6) is 0. The van der Waals surface area contributed by atoms with Gasteiger partial charge in [-0.25, -0.2) is 0 Å². The van der Waals surface area contributed by atoms with Crippen LogP contribution in [0.2, 0.25) is 0 Å². The molecule has 0 fully saturated rings. The molecule has 0 aliphatic heterocycles. The highest BCUT2D eigenvalue weighted by molar-refractivity contribution is 5.24. The van der Waals surface area contributed by atoms with Gasteiger partial charge in [0.2, 0.25) is 0 Å². The van der Waals surface area contributed by atoms with E-state index in [1.165, 1.54) is 0 Å². The minimum absolute atomic E-state index is 0.500.